The first-order valence-corrected chi connectivity index (χ1v) is 11.7. The predicted molar refractivity (Wildman–Crippen MR) is 137 cm³/mol. The molecule has 3 aromatic rings. The topological polar surface area (TPSA) is 88.8 Å². The van der Waals surface area contributed by atoms with Gasteiger partial charge in [-0.1, -0.05) is 0 Å². The number of aliphatic hydroxyl groups excluding tert-OH is 1. The van der Waals surface area contributed by atoms with Crippen molar-refractivity contribution in [3.63, 3.8) is 0 Å². The SMILES string of the molecule is COc1nc(N2CCO[C@H](CO)C2)cc(-n2ncc3cc(C)c(C4CCN(C)CC4F)cc32)n1.S. The molecule has 5 rings (SSSR count). The van der Waals surface area contributed by atoms with Gasteiger partial charge in [-0.15, -0.1) is 0 Å². The van der Waals surface area contributed by atoms with Gasteiger partial charge in [0.25, 0.3) is 0 Å². The lowest BCUT2D eigenvalue weighted by Crippen LogP contribution is -2.44. The van der Waals surface area contributed by atoms with E-state index in [0.29, 0.717) is 37.9 Å². The number of aliphatic hydroxyl groups is 1. The molecule has 1 N–H and O–H groups in total. The van der Waals surface area contributed by atoms with Gasteiger partial charge in [0.05, 0.1) is 38.1 Å². The number of hydrogen-bond donors (Lipinski definition) is 1. The average Bonchev–Trinajstić information content (AvgIpc) is 3.26. The molecule has 4 heterocycles. The van der Waals surface area contributed by atoms with Gasteiger partial charge in [-0.3, -0.25) is 0 Å². The number of likely N-dealkylation sites (tertiary alicyclic amines) is 1. The number of nitrogens with zero attached hydrogens (tertiary/aromatic N) is 6. The zero-order valence-corrected chi connectivity index (χ0v) is 21.3. The van der Waals surface area contributed by atoms with Crippen molar-refractivity contribution >= 4 is 30.2 Å². The summed E-state index contributed by atoms with van der Waals surface area (Å²) in [6.45, 7) is 4.98. The number of halogens is 1. The van der Waals surface area contributed by atoms with E-state index in [9.17, 15) is 9.50 Å². The molecule has 0 radical (unpaired) electrons. The van der Waals surface area contributed by atoms with Crippen molar-refractivity contribution in [2.75, 3.05) is 58.5 Å². The molecule has 0 amide bonds. The number of morpholine rings is 1. The van der Waals surface area contributed by atoms with Crippen LogP contribution in [0, 0.1) is 6.92 Å². The second-order valence-corrected chi connectivity index (χ2v) is 9.19. The quantitative estimate of drug-likeness (QED) is 0.566. The molecule has 35 heavy (non-hydrogen) atoms. The Balaban J connectivity index is 0.00000289. The molecule has 2 aliphatic rings. The minimum Gasteiger partial charge on any atom is -0.467 e. The fourth-order valence-electron chi connectivity index (χ4n) is 4.99. The number of methoxy groups -OCH3 is 1. The number of aryl methyl sites for hydroxylation is 1. The summed E-state index contributed by atoms with van der Waals surface area (Å²) in [5, 5.41) is 15.1. The van der Waals surface area contributed by atoms with E-state index in [-0.39, 0.29) is 38.1 Å². The molecular formula is C24H33FN6O3S. The summed E-state index contributed by atoms with van der Waals surface area (Å²) in [5.41, 5.74) is 2.97. The maximum Gasteiger partial charge on any atom is 0.320 e. The van der Waals surface area contributed by atoms with E-state index in [1.54, 1.807) is 10.9 Å². The fraction of sp³-hybridized carbons (Fsp3) is 0.542. The van der Waals surface area contributed by atoms with E-state index in [2.05, 4.69) is 27.2 Å². The van der Waals surface area contributed by atoms with Crippen LogP contribution in [0.15, 0.2) is 24.4 Å². The third-order valence-electron chi connectivity index (χ3n) is 6.84. The van der Waals surface area contributed by atoms with E-state index < -0.39 is 6.17 Å². The molecule has 2 aromatic heterocycles. The summed E-state index contributed by atoms with van der Waals surface area (Å²) in [4.78, 5) is 13.2. The molecule has 2 saturated heterocycles. The van der Waals surface area contributed by atoms with Gasteiger partial charge in [-0.05, 0) is 50.2 Å². The number of anilines is 1. The van der Waals surface area contributed by atoms with Gasteiger partial charge in [0.1, 0.15) is 12.0 Å². The molecule has 11 heteroatoms. The van der Waals surface area contributed by atoms with Crippen molar-refractivity contribution in [1.82, 2.24) is 24.6 Å². The number of fused-ring (bicyclic) bond motifs is 1. The molecule has 0 bridgehead atoms. The van der Waals surface area contributed by atoms with Crippen molar-refractivity contribution < 1.29 is 19.0 Å². The van der Waals surface area contributed by atoms with Gasteiger partial charge in [-0.25, -0.2) is 9.07 Å². The Morgan fingerprint density at radius 3 is 2.71 bits per heavy atom. The van der Waals surface area contributed by atoms with Crippen LogP contribution in [0.1, 0.15) is 23.5 Å². The van der Waals surface area contributed by atoms with E-state index in [1.807, 2.05) is 29.8 Å². The first-order chi connectivity index (χ1) is 16.5. The zero-order valence-electron chi connectivity index (χ0n) is 20.3. The van der Waals surface area contributed by atoms with E-state index in [4.69, 9.17) is 9.47 Å². The zero-order chi connectivity index (χ0) is 23.8. The van der Waals surface area contributed by atoms with Crippen molar-refractivity contribution in [3.8, 4) is 11.8 Å². The monoisotopic (exact) mass is 504 g/mol. The minimum atomic E-state index is -0.905. The number of ether oxygens (including phenoxy) is 2. The Bertz CT molecular complexity index is 1180. The lowest BCUT2D eigenvalue weighted by molar-refractivity contribution is 0.00333. The molecule has 190 valence electrons. The van der Waals surface area contributed by atoms with Crippen LogP contribution in [-0.4, -0.2) is 95.6 Å². The number of rotatable bonds is 5. The minimum absolute atomic E-state index is 0. The lowest BCUT2D eigenvalue weighted by Gasteiger charge is -2.33. The molecule has 1 aromatic carbocycles. The number of aromatic nitrogens is 4. The van der Waals surface area contributed by atoms with Crippen molar-refractivity contribution in [1.29, 1.82) is 0 Å². The van der Waals surface area contributed by atoms with Crippen LogP contribution in [-0.2, 0) is 4.74 Å². The van der Waals surface area contributed by atoms with Crippen LogP contribution in [0.25, 0.3) is 16.7 Å². The van der Waals surface area contributed by atoms with Crippen molar-refractivity contribution in [2.45, 2.75) is 31.5 Å². The Morgan fingerprint density at radius 2 is 1.97 bits per heavy atom. The van der Waals surface area contributed by atoms with E-state index in [1.165, 1.54) is 7.11 Å². The number of benzene rings is 1. The first kappa shape index (κ1) is 25.6. The standard InChI is InChI=1S/C24H31FN6O3.H2S/c1-15-8-16-11-26-31(21(16)9-19(15)18-4-5-29(2)13-20(18)25)23-10-22(27-24(28-23)33-3)30-6-7-34-17(12-30)14-32;/h8-11,17-18,20,32H,4-7,12-14H2,1-3H3;1H2/t17-,18?,20?;/m0./s1. The number of hydrogen-bond acceptors (Lipinski definition) is 8. The molecule has 0 spiro atoms. The summed E-state index contributed by atoms with van der Waals surface area (Å²) in [7, 11) is 3.49. The molecule has 3 atom stereocenters. The summed E-state index contributed by atoms with van der Waals surface area (Å²) >= 11 is 0. The second-order valence-electron chi connectivity index (χ2n) is 9.19. The van der Waals surface area contributed by atoms with E-state index >= 15 is 0 Å². The molecule has 2 fully saturated rings. The summed E-state index contributed by atoms with van der Waals surface area (Å²) < 4.78 is 27.7. The Hall–Kier alpha value is -2.47. The predicted octanol–water partition coefficient (Wildman–Crippen LogP) is 2.20. The molecule has 0 aliphatic carbocycles. The van der Waals surface area contributed by atoms with Crippen molar-refractivity contribution in [2.24, 2.45) is 0 Å². The third-order valence-corrected chi connectivity index (χ3v) is 6.84. The Morgan fingerprint density at radius 1 is 1.17 bits per heavy atom. The van der Waals surface area contributed by atoms with Gasteiger partial charge in [0.2, 0.25) is 0 Å². The van der Waals surface area contributed by atoms with Gasteiger partial charge >= 0.3 is 6.01 Å². The summed E-state index contributed by atoms with van der Waals surface area (Å²) in [6.07, 6.45) is 1.42. The lowest BCUT2D eigenvalue weighted by atomic mass is 9.85. The van der Waals surface area contributed by atoms with Gasteiger partial charge in [-0.2, -0.15) is 28.6 Å². The van der Waals surface area contributed by atoms with Crippen LogP contribution in [0.4, 0.5) is 10.2 Å². The molecule has 0 saturated carbocycles. The third kappa shape index (κ3) is 5.09. The number of alkyl halides is 1. The molecule has 2 unspecified atom stereocenters. The van der Waals surface area contributed by atoms with Crippen LogP contribution in [0.5, 0.6) is 6.01 Å². The largest absolute Gasteiger partial charge is 0.467 e. The highest BCUT2D eigenvalue weighted by molar-refractivity contribution is 7.59. The van der Waals surface area contributed by atoms with Crippen LogP contribution < -0.4 is 9.64 Å². The van der Waals surface area contributed by atoms with Crippen LogP contribution >= 0.6 is 13.5 Å². The van der Waals surface area contributed by atoms with Crippen LogP contribution in [0.2, 0.25) is 0 Å². The highest BCUT2D eigenvalue weighted by atomic mass is 32.1. The maximum atomic E-state index is 15.0. The van der Waals surface area contributed by atoms with Gasteiger partial charge in [0, 0.05) is 37.0 Å². The molecule has 9 nitrogen and oxygen atoms in total. The first-order valence-electron chi connectivity index (χ1n) is 11.7. The average molecular weight is 505 g/mol. The van der Waals surface area contributed by atoms with Crippen molar-refractivity contribution in [3.05, 3.63) is 35.5 Å². The normalized spacial score (nSPS) is 23.3. The summed E-state index contributed by atoms with van der Waals surface area (Å²) in [5.74, 6) is 1.11. The highest BCUT2D eigenvalue weighted by Crippen LogP contribution is 2.35. The maximum absolute atomic E-state index is 15.0. The van der Waals surface area contributed by atoms with Gasteiger partial charge < -0.3 is 24.4 Å². The molecular weight excluding hydrogens is 471 g/mol. The Labute approximate surface area is 211 Å². The smallest absolute Gasteiger partial charge is 0.320 e. The number of piperidine rings is 1. The van der Waals surface area contributed by atoms with E-state index in [0.717, 1.165) is 35.0 Å². The highest BCUT2D eigenvalue weighted by Gasteiger charge is 2.30. The molecule has 2 aliphatic heterocycles. The van der Waals surface area contributed by atoms with Crippen LogP contribution in [0.3, 0.4) is 0 Å². The second kappa shape index (κ2) is 10.7. The fourth-order valence-corrected chi connectivity index (χ4v) is 4.99. The Kier molecular flexibility index (Phi) is 7.80. The summed E-state index contributed by atoms with van der Waals surface area (Å²) in [6, 6.07) is 6.23. The van der Waals surface area contributed by atoms with Gasteiger partial charge in [0.15, 0.2) is 5.82 Å².